The van der Waals surface area contributed by atoms with Crippen LogP contribution in [0.15, 0.2) is 28.6 Å². The fraction of sp³-hybridized carbons (Fsp3) is 0.125. The monoisotopic (exact) mass is 219 g/mol. The first kappa shape index (κ1) is 10.4. The molecule has 0 aromatic heterocycles. The lowest BCUT2D eigenvalue weighted by Gasteiger charge is -1.91. The minimum atomic E-state index is -0.379. The average molecular weight is 220 g/mol. The van der Waals surface area contributed by atoms with Crippen LogP contribution in [0, 0.1) is 5.82 Å². The Morgan fingerprint density at radius 2 is 2.23 bits per heavy atom. The molecule has 0 saturated carbocycles. The van der Waals surface area contributed by atoms with E-state index in [9.17, 15) is 4.39 Å². The summed E-state index contributed by atoms with van der Waals surface area (Å²) in [6.45, 7) is 0. The van der Waals surface area contributed by atoms with Crippen LogP contribution in [0.5, 0.6) is 0 Å². The summed E-state index contributed by atoms with van der Waals surface area (Å²) in [4.78, 5) is 0. The van der Waals surface area contributed by atoms with E-state index in [1.165, 1.54) is 13.2 Å². The minimum absolute atomic E-state index is 0.156. The molecule has 0 atom stereocenters. The SMILES string of the molecule is COC(Cl)=S=Nc1ccccc1F. The Morgan fingerprint density at radius 1 is 1.54 bits per heavy atom. The zero-order chi connectivity index (χ0) is 9.68. The summed E-state index contributed by atoms with van der Waals surface area (Å²) in [5.41, 5.74) is 0.253. The lowest BCUT2D eigenvalue weighted by Crippen LogP contribution is -1.86. The van der Waals surface area contributed by atoms with Crippen molar-refractivity contribution >= 4 is 32.9 Å². The molecule has 0 aliphatic heterocycles. The zero-order valence-electron chi connectivity index (χ0n) is 6.83. The summed E-state index contributed by atoms with van der Waals surface area (Å²) < 4.78 is 21.6. The van der Waals surface area contributed by atoms with Gasteiger partial charge in [-0.3, -0.25) is 0 Å². The molecular weight excluding hydrogens is 213 g/mol. The van der Waals surface area contributed by atoms with E-state index in [4.69, 9.17) is 11.6 Å². The summed E-state index contributed by atoms with van der Waals surface area (Å²) in [5, 5.41) is 0. The zero-order valence-corrected chi connectivity index (χ0v) is 8.40. The summed E-state index contributed by atoms with van der Waals surface area (Å²) in [7, 11) is 1.42. The van der Waals surface area contributed by atoms with Crippen molar-refractivity contribution in [3.8, 4) is 0 Å². The largest absolute Gasteiger partial charge is 0.329 e. The number of rotatable bonds is 1. The van der Waals surface area contributed by atoms with Gasteiger partial charge in [0.2, 0.25) is 4.51 Å². The molecule has 0 bridgehead atoms. The predicted molar refractivity (Wildman–Crippen MR) is 53.7 cm³/mol. The molecule has 1 aromatic rings. The molecule has 0 N–H and O–H groups in total. The summed E-state index contributed by atoms with van der Waals surface area (Å²) in [6.07, 6.45) is 0. The summed E-state index contributed by atoms with van der Waals surface area (Å²) in [6, 6.07) is 6.19. The van der Waals surface area contributed by atoms with Crippen LogP contribution in [0.25, 0.3) is 0 Å². The van der Waals surface area contributed by atoms with Crippen LogP contribution in [0.1, 0.15) is 0 Å². The summed E-state index contributed by atoms with van der Waals surface area (Å²) in [5.74, 6) is -0.379. The van der Waals surface area contributed by atoms with Gasteiger partial charge in [0.25, 0.3) is 0 Å². The van der Waals surface area contributed by atoms with Crippen molar-refractivity contribution in [1.82, 2.24) is 0 Å². The molecule has 0 radical (unpaired) electrons. The van der Waals surface area contributed by atoms with Crippen LogP contribution in [0.3, 0.4) is 0 Å². The van der Waals surface area contributed by atoms with Crippen LogP contribution in [0.4, 0.5) is 10.1 Å². The molecule has 0 unspecified atom stereocenters. The van der Waals surface area contributed by atoms with Crippen molar-refractivity contribution in [2.24, 2.45) is 4.36 Å². The van der Waals surface area contributed by atoms with Crippen LogP contribution in [0.2, 0.25) is 0 Å². The predicted octanol–water partition coefficient (Wildman–Crippen LogP) is 2.70. The fourth-order valence-electron chi connectivity index (χ4n) is 0.648. The van der Waals surface area contributed by atoms with Crippen molar-refractivity contribution < 1.29 is 9.13 Å². The Balaban J connectivity index is 2.98. The molecule has 13 heavy (non-hydrogen) atoms. The maximum atomic E-state index is 12.9. The third-order valence-electron chi connectivity index (χ3n) is 1.23. The Kier molecular flexibility index (Phi) is 4.08. The molecule has 0 amide bonds. The second-order valence-corrected chi connectivity index (χ2v) is 3.38. The first-order valence-electron chi connectivity index (χ1n) is 3.43. The number of nitrogens with zero attached hydrogens (tertiary/aromatic N) is 1. The third-order valence-corrected chi connectivity index (χ3v) is 2.19. The highest BCUT2D eigenvalue weighted by Gasteiger charge is 1.95. The second kappa shape index (κ2) is 5.11. The number of methoxy groups -OCH3 is 1. The van der Waals surface area contributed by atoms with Gasteiger partial charge in [-0.15, -0.1) is 0 Å². The van der Waals surface area contributed by atoms with E-state index in [2.05, 4.69) is 9.10 Å². The van der Waals surface area contributed by atoms with E-state index in [0.29, 0.717) is 0 Å². The van der Waals surface area contributed by atoms with Gasteiger partial charge in [0.15, 0.2) is 0 Å². The van der Waals surface area contributed by atoms with Crippen molar-refractivity contribution in [3.63, 3.8) is 0 Å². The van der Waals surface area contributed by atoms with Crippen molar-refractivity contribution in [1.29, 1.82) is 0 Å². The van der Waals surface area contributed by atoms with Crippen molar-refractivity contribution in [3.05, 3.63) is 30.1 Å². The van der Waals surface area contributed by atoms with E-state index in [1.54, 1.807) is 18.2 Å². The second-order valence-electron chi connectivity index (χ2n) is 2.08. The highest BCUT2D eigenvalue weighted by Crippen LogP contribution is 2.15. The smallest absolute Gasteiger partial charge is 0.216 e. The third kappa shape index (κ3) is 3.26. The molecule has 0 fully saturated rings. The van der Waals surface area contributed by atoms with Crippen LogP contribution in [-0.4, -0.2) is 11.6 Å². The molecule has 0 aliphatic rings. The number of hydrogen-bond acceptors (Lipinski definition) is 2. The number of halogens is 2. The normalized spacial score (nSPS) is 9.46. The first-order valence-corrected chi connectivity index (χ1v) is 4.58. The van der Waals surface area contributed by atoms with Crippen molar-refractivity contribution in [2.45, 2.75) is 0 Å². The minimum Gasteiger partial charge on any atom is -0.329 e. The lowest BCUT2D eigenvalue weighted by molar-refractivity contribution is 0.424. The van der Waals surface area contributed by atoms with Crippen LogP contribution >= 0.6 is 11.6 Å². The lowest BCUT2D eigenvalue weighted by atomic mass is 10.3. The van der Waals surface area contributed by atoms with Gasteiger partial charge in [0.1, 0.15) is 11.5 Å². The van der Waals surface area contributed by atoms with Gasteiger partial charge in [0, 0.05) is 18.3 Å². The van der Waals surface area contributed by atoms with Crippen molar-refractivity contribution in [2.75, 3.05) is 7.11 Å². The van der Waals surface area contributed by atoms with E-state index < -0.39 is 0 Å². The molecule has 2 nitrogen and oxygen atoms in total. The quantitative estimate of drug-likeness (QED) is 0.526. The van der Waals surface area contributed by atoms with Gasteiger partial charge in [-0.05, 0) is 23.7 Å². The topological polar surface area (TPSA) is 21.6 Å². The molecular formula is C8H7ClFNOS. The number of ether oxygens (including phenoxy) is 1. The van der Waals surface area contributed by atoms with Gasteiger partial charge >= 0.3 is 0 Å². The average Bonchev–Trinajstić information content (AvgIpc) is 2.16. The number of hydrogen-bond donors (Lipinski definition) is 0. The van der Waals surface area contributed by atoms with Gasteiger partial charge in [-0.2, -0.15) is 4.36 Å². The van der Waals surface area contributed by atoms with Gasteiger partial charge < -0.3 is 4.74 Å². The molecule has 5 heteroatoms. The Bertz CT molecular complexity index is 363. The maximum absolute atomic E-state index is 12.9. The van der Waals surface area contributed by atoms with Gasteiger partial charge in [0.05, 0.1) is 0 Å². The Morgan fingerprint density at radius 3 is 2.85 bits per heavy atom. The fourth-order valence-corrected chi connectivity index (χ4v) is 1.14. The Hall–Kier alpha value is -0.710. The standard InChI is InChI=1S/C8H7ClFNOS/c1-12-8(9)13-11-7-5-3-2-4-6(7)10/h2-5H,1H3. The van der Waals surface area contributed by atoms with E-state index >= 15 is 0 Å². The van der Waals surface area contributed by atoms with Gasteiger partial charge in [-0.25, -0.2) is 4.39 Å². The van der Waals surface area contributed by atoms with E-state index in [-0.39, 0.29) is 16.0 Å². The molecule has 70 valence electrons. The number of benzene rings is 1. The molecule has 0 aliphatic carbocycles. The molecule has 0 saturated heterocycles. The maximum Gasteiger partial charge on any atom is 0.216 e. The Labute approximate surface area is 84.0 Å². The molecule has 0 spiro atoms. The van der Waals surface area contributed by atoms with Gasteiger partial charge in [-0.1, -0.05) is 12.1 Å². The van der Waals surface area contributed by atoms with E-state index in [1.807, 2.05) is 0 Å². The highest BCUT2D eigenvalue weighted by atomic mass is 35.5. The molecule has 1 aromatic carbocycles. The summed E-state index contributed by atoms with van der Waals surface area (Å²) >= 11 is 6.40. The molecule has 1 rings (SSSR count). The first-order chi connectivity index (χ1) is 6.24. The van der Waals surface area contributed by atoms with E-state index in [0.717, 1.165) is 11.1 Å². The highest BCUT2D eigenvalue weighted by molar-refractivity contribution is 7.71. The van der Waals surface area contributed by atoms with Crippen LogP contribution in [-0.2, 0) is 15.9 Å². The van der Waals surface area contributed by atoms with Crippen LogP contribution < -0.4 is 0 Å². The molecule has 0 heterocycles.